The second-order valence-electron chi connectivity index (χ2n) is 9.75. The molecule has 2 aromatic carbocycles. The molecule has 178 valence electrons. The number of hydrogen-bond acceptors (Lipinski definition) is 4. The number of ether oxygens (including phenoxy) is 1. The standard InChI is InChI=1S/C28H34N4O2/c1-34-25-11-9-19(10-12-25)14-27(33)31-28-26(18-30-32-28)23-15-22(16-23)21-6-4-5-20(13-21)17-29-24-7-2-3-8-24/h4-6,9-13,18,22-24,29H,2-3,7-8,14-17H2,1H3,(H2,30,31,32,33). The molecule has 1 aromatic heterocycles. The van der Waals surface area contributed by atoms with Gasteiger partial charge in [-0.1, -0.05) is 49.2 Å². The van der Waals surface area contributed by atoms with Gasteiger partial charge in [-0.2, -0.15) is 5.10 Å². The second kappa shape index (κ2) is 10.4. The number of carbonyl (C=O) groups is 1. The van der Waals surface area contributed by atoms with Crippen molar-refractivity contribution in [3.05, 3.63) is 77.0 Å². The number of H-pyrrole nitrogens is 1. The van der Waals surface area contributed by atoms with Crippen LogP contribution in [0.15, 0.2) is 54.7 Å². The number of methoxy groups -OCH3 is 1. The highest BCUT2D eigenvalue weighted by molar-refractivity contribution is 5.92. The van der Waals surface area contributed by atoms with Crippen LogP contribution in [0.1, 0.15) is 72.6 Å². The van der Waals surface area contributed by atoms with Crippen LogP contribution >= 0.6 is 0 Å². The summed E-state index contributed by atoms with van der Waals surface area (Å²) in [6.45, 7) is 0.959. The van der Waals surface area contributed by atoms with E-state index in [9.17, 15) is 4.79 Å². The highest BCUT2D eigenvalue weighted by Gasteiger charge is 2.34. The molecule has 0 spiro atoms. The molecule has 2 fully saturated rings. The molecule has 5 rings (SSSR count). The van der Waals surface area contributed by atoms with Crippen molar-refractivity contribution in [1.82, 2.24) is 15.5 Å². The Morgan fingerprint density at radius 2 is 1.85 bits per heavy atom. The summed E-state index contributed by atoms with van der Waals surface area (Å²) in [4.78, 5) is 12.6. The quantitative estimate of drug-likeness (QED) is 0.407. The van der Waals surface area contributed by atoms with E-state index in [1.807, 2.05) is 30.5 Å². The van der Waals surface area contributed by atoms with Crippen LogP contribution in [0, 0.1) is 0 Å². The highest BCUT2D eigenvalue weighted by Crippen LogP contribution is 2.49. The number of aromatic nitrogens is 2. The SMILES string of the molecule is COc1ccc(CC(=O)Nc2[nH]ncc2C2CC(c3cccc(CNC4CCCC4)c3)C2)cc1. The van der Waals surface area contributed by atoms with Gasteiger partial charge in [0.15, 0.2) is 0 Å². The Balaban J connectivity index is 1.14. The first kappa shape index (κ1) is 22.7. The number of benzene rings is 2. The zero-order valence-electron chi connectivity index (χ0n) is 19.8. The summed E-state index contributed by atoms with van der Waals surface area (Å²) in [5.74, 6) is 2.45. The lowest BCUT2D eigenvalue weighted by molar-refractivity contribution is -0.115. The lowest BCUT2D eigenvalue weighted by Crippen LogP contribution is -2.25. The minimum Gasteiger partial charge on any atom is -0.497 e. The van der Waals surface area contributed by atoms with Gasteiger partial charge in [-0.15, -0.1) is 0 Å². The van der Waals surface area contributed by atoms with Gasteiger partial charge in [0.25, 0.3) is 0 Å². The molecule has 2 aliphatic carbocycles. The maximum absolute atomic E-state index is 12.6. The van der Waals surface area contributed by atoms with Crippen molar-refractivity contribution in [2.24, 2.45) is 0 Å². The molecule has 3 aromatic rings. The van der Waals surface area contributed by atoms with Crippen LogP contribution in [-0.4, -0.2) is 29.3 Å². The Bertz CT molecular complexity index is 1100. The van der Waals surface area contributed by atoms with E-state index in [2.05, 4.69) is 45.1 Å². The first-order valence-corrected chi connectivity index (χ1v) is 12.5. The molecule has 0 saturated heterocycles. The summed E-state index contributed by atoms with van der Waals surface area (Å²) in [5, 5.41) is 14.0. The third kappa shape index (κ3) is 5.33. The van der Waals surface area contributed by atoms with Crippen molar-refractivity contribution in [2.75, 3.05) is 12.4 Å². The van der Waals surface area contributed by atoms with Crippen LogP contribution in [0.4, 0.5) is 5.82 Å². The smallest absolute Gasteiger partial charge is 0.229 e. The topological polar surface area (TPSA) is 79.0 Å². The van der Waals surface area contributed by atoms with Crippen LogP contribution in [0.5, 0.6) is 5.75 Å². The average molecular weight is 459 g/mol. The third-order valence-electron chi connectivity index (χ3n) is 7.41. The largest absolute Gasteiger partial charge is 0.497 e. The van der Waals surface area contributed by atoms with Gasteiger partial charge in [0, 0.05) is 18.2 Å². The molecule has 34 heavy (non-hydrogen) atoms. The molecule has 1 heterocycles. The van der Waals surface area contributed by atoms with Gasteiger partial charge in [-0.3, -0.25) is 9.89 Å². The fourth-order valence-corrected chi connectivity index (χ4v) is 5.31. The molecule has 0 bridgehead atoms. The molecule has 0 atom stereocenters. The Labute approximate surface area is 201 Å². The maximum atomic E-state index is 12.6. The molecule has 2 saturated carbocycles. The Hall–Kier alpha value is -3.12. The normalized spacial score (nSPS) is 20.1. The lowest BCUT2D eigenvalue weighted by Gasteiger charge is -2.36. The monoisotopic (exact) mass is 458 g/mol. The average Bonchev–Trinajstić information content (AvgIpc) is 3.50. The van der Waals surface area contributed by atoms with Gasteiger partial charge >= 0.3 is 0 Å². The molecule has 0 radical (unpaired) electrons. The fourth-order valence-electron chi connectivity index (χ4n) is 5.31. The van der Waals surface area contributed by atoms with Crippen molar-refractivity contribution in [3.8, 4) is 5.75 Å². The molecule has 0 aliphatic heterocycles. The Kier molecular flexibility index (Phi) is 6.95. The van der Waals surface area contributed by atoms with Gasteiger partial charge in [-0.25, -0.2) is 0 Å². The molecule has 2 aliphatic rings. The van der Waals surface area contributed by atoms with Gasteiger partial charge in [0.05, 0.1) is 19.7 Å². The van der Waals surface area contributed by atoms with Crippen molar-refractivity contribution in [1.29, 1.82) is 0 Å². The molecule has 1 amide bonds. The predicted molar refractivity (Wildman–Crippen MR) is 134 cm³/mol. The van der Waals surface area contributed by atoms with Crippen molar-refractivity contribution in [2.45, 2.75) is 69.4 Å². The summed E-state index contributed by atoms with van der Waals surface area (Å²) >= 11 is 0. The van der Waals surface area contributed by atoms with Crippen molar-refractivity contribution in [3.63, 3.8) is 0 Å². The zero-order chi connectivity index (χ0) is 23.3. The molecule has 6 heteroatoms. The van der Waals surface area contributed by atoms with E-state index >= 15 is 0 Å². The summed E-state index contributed by atoms with van der Waals surface area (Å²) in [6, 6.07) is 17.3. The van der Waals surface area contributed by atoms with E-state index < -0.39 is 0 Å². The Morgan fingerprint density at radius 3 is 2.62 bits per heavy atom. The first-order chi connectivity index (χ1) is 16.7. The van der Waals surface area contributed by atoms with Gasteiger partial charge in [0.1, 0.15) is 11.6 Å². The van der Waals surface area contributed by atoms with Crippen LogP contribution in [-0.2, 0) is 17.8 Å². The van der Waals surface area contributed by atoms with E-state index in [1.165, 1.54) is 36.8 Å². The van der Waals surface area contributed by atoms with Crippen molar-refractivity contribution < 1.29 is 9.53 Å². The second-order valence-corrected chi connectivity index (χ2v) is 9.75. The number of nitrogens with zero attached hydrogens (tertiary/aromatic N) is 1. The van der Waals surface area contributed by atoms with E-state index in [1.54, 1.807) is 7.11 Å². The Morgan fingerprint density at radius 1 is 1.06 bits per heavy atom. The molecule has 3 N–H and O–H groups in total. The van der Waals surface area contributed by atoms with E-state index in [4.69, 9.17) is 4.74 Å². The molecule has 6 nitrogen and oxygen atoms in total. The molecule has 0 unspecified atom stereocenters. The summed E-state index contributed by atoms with van der Waals surface area (Å²) in [7, 11) is 1.64. The van der Waals surface area contributed by atoms with Crippen LogP contribution in [0.3, 0.4) is 0 Å². The number of amides is 1. The minimum atomic E-state index is -0.0472. The molecular formula is C28H34N4O2. The number of nitrogens with one attached hydrogen (secondary N) is 3. The summed E-state index contributed by atoms with van der Waals surface area (Å²) < 4.78 is 5.18. The van der Waals surface area contributed by atoms with Gasteiger partial charge in [-0.05, 0) is 66.3 Å². The zero-order valence-corrected chi connectivity index (χ0v) is 19.8. The third-order valence-corrected chi connectivity index (χ3v) is 7.41. The fraction of sp³-hybridized carbons (Fsp3) is 0.429. The van der Waals surface area contributed by atoms with Crippen LogP contribution in [0.2, 0.25) is 0 Å². The number of rotatable bonds is 9. The molecular weight excluding hydrogens is 424 g/mol. The number of carbonyl (C=O) groups excluding carboxylic acids is 1. The van der Waals surface area contributed by atoms with Crippen LogP contribution < -0.4 is 15.4 Å². The first-order valence-electron chi connectivity index (χ1n) is 12.5. The predicted octanol–water partition coefficient (Wildman–Crippen LogP) is 5.29. The summed E-state index contributed by atoms with van der Waals surface area (Å²) in [5.41, 5.74) is 4.86. The number of anilines is 1. The van der Waals surface area contributed by atoms with Crippen molar-refractivity contribution >= 4 is 11.7 Å². The van der Waals surface area contributed by atoms with Gasteiger partial charge < -0.3 is 15.4 Å². The van der Waals surface area contributed by atoms with E-state index in [0.717, 1.165) is 42.1 Å². The number of hydrogen-bond donors (Lipinski definition) is 3. The van der Waals surface area contributed by atoms with E-state index in [-0.39, 0.29) is 5.91 Å². The highest BCUT2D eigenvalue weighted by atomic mass is 16.5. The lowest BCUT2D eigenvalue weighted by atomic mass is 9.69. The van der Waals surface area contributed by atoms with Gasteiger partial charge in [0.2, 0.25) is 5.91 Å². The van der Waals surface area contributed by atoms with E-state index in [0.29, 0.717) is 24.3 Å². The number of aromatic amines is 1. The maximum Gasteiger partial charge on any atom is 0.229 e. The summed E-state index contributed by atoms with van der Waals surface area (Å²) in [6.07, 6.45) is 9.70. The van der Waals surface area contributed by atoms with Crippen LogP contribution in [0.25, 0.3) is 0 Å². The minimum absolute atomic E-state index is 0.0472.